The first-order valence-corrected chi connectivity index (χ1v) is 13.1. The number of aromatic hydroxyl groups is 1. The van der Waals surface area contributed by atoms with Gasteiger partial charge in [0.1, 0.15) is 41.1 Å². The first-order chi connectivity index (χ1) is 19.5. The number of benzene rings is 3. The second-order valence-corrected chi connectivity index (χ2v) is 10.4. The van der Waals surface area contributed by atoms with Crippen LogP contribution >= 0.6 is 0 Å². The Morgan fingerprint density at radius 3 is 2.34 bits per heavy atom. The van der Waals surface area contributed by atoms with Gasteiger partial charge in [0.05, 0.1) is 37.1 Å². The third-order valence-electron chi connectivity index (χ3n) is 7.72. The van der Waals surface area contributed by atoms with Gasteiger partial charge < -0.3 is 38.5 Å². The van der Waals surface area contributed by atoms with Crippen molar-refractivity contribution in [2.45, 2.75) is 44.3 Å². The van der Waals surface area contributed by atoms with Crippen LogP contribution in [0.5, 0.6) is 17.2 Å². The maximum absolute atomic E-state index is 13.4. The zero-order valence-electron chi connectivity index (χ0n) is 23.8. The van der Waals surface area contributed by atoms with Crippen molar-refractivity contribution >= 4 is 44.6 Å². The highest BCUT2D eigenvalue weighted by Gasteiger charge is 2.47. The number of rotatable bonds is 6. The molecule has 0 spiro atoms. The number of aliphatic hydroxyl groups is 1. The summed E-state index contributed by atoms with van der Waals surface area (Å²) in [7, 11) is 6.54. The fourth-order valence-electron chi connectivity index (χ4n) is 5.95. The molecule has 1 saturated heterocycles. The van der Waals surface area contributed by atoms with Gasteiger partial charge in [0.25, 0.3) is 0 Å². The summed E-state index contributed by atoms with van der Waals surface area (Å²) in [4.78, 5) is 27.1. The van der Waals surface area contributed by atoms with E-state index in [-0.39, 0.29) is 22.1 Å². The molecule has 4 aromatic rings. The van der Waals surface area contributed by atoms with Crippen LogP contribution in [0.3, 0.4) is 0 Å². The normalized spacial score (nSPS) is 22.8. The van der Waals surface area contributed by atoms with Crippen LogP contribution in [0.15, 0.2) is 46.1 Å². The molecule has 10 heteroatoms. The largest absolute Gasteiger partial charge is 0.507 e. The van der Waals surface area contributed by atoms with E-state index in [9.17, 15) is 19.8 Å². The minimum Gasteiger partial charge on any atom is -0.507 e. The topological polar surface area (TPSA) is 128 Å². The van der Waals surface area contributed by atoms with Crippen LogP contribution < -0.4 is 15.1 Å². The third kappa shape index (κ3) is 4.57. The van der Waals surface area contributed by atoms with Crippen molar-refractivity contribution in [2.75, 3.05) is 28.3 Å². The van der Waals surface area contributed by atoms with Gasteiger partial charge in [0, 0.05) is 23.1 Å². The number of carbonyl (C=O) groups is 1. The smallest absolute Gasteiger partial charge is 0.344 e. The van der Waals surface area contributed by atoms with Crippen LogP contribution in [-0.2, 0) is 14.3 Å². The summed E-state index contributed by atoms with van der Waals surface area (Å²) in [6.07, 6.45) is -1.86. The number of methoxy groups -OCH3 is 2. The molecule has 0 radical (unpaired) electrons. The maximum Gasteiger partial charge on any atom is 0.344 e. The third-order valence-corrected chi connectivity index (χ3v) is 7.72. The van der Waals surface area contributed by atoms with E-state index < -0.39 is 42.1 Å². The number of phenols is 1. The number of carbonyl (C=O) groups excluding carboxylic acids is 1. The van der Waals surface area contributed by atoms with E-state index in [0.717, 1.165) is 0 Å². The Hall–Kier alpha value is -4.12. The molecule has 1 aliphatic rings. The Balaban J connectivity index is 1.88. The summed E-state index contributed by atoms with van der Waals surface area (Å²) < 4.78 is 29.2. The summed E-state index contributed by atoms with van der Waals surface area (Å²) >= 11 is 0. The van der Waals surface area contributed by atoms with Gasteiger partial charge in [0.15, 0.2) is 0 Å². The fraction of sp³-hybridized carbons (Fsp3) is 0.355. The summed E-state index contributed by atoms with van der Waals surface area (Å²) in [5, 5.41) is 24.6. The van der Waals surface area contributed by atoms with E-state index in [1.54, 1.807) is 56.3 Å². The molecule has 0 saturated carbocycles. The minimum absolute atomic E-state index is 0.112. The quantitative estimate of drug-likeness (QED) is 0.201. The Labute approximate surface area is 236 Å². The van der Waals surface area contributed by atoms with Crippen molar-refractivity contribution in [3.05, 3.63) is 58.5 Å². The minimum atomic E-state index is -1.17. The number of ether oxygens (including phenoxy) is 4. The van der Waals surface area contributed by atoms with Crippen molar-refractivity contribution in [1.82, 2.24) is 4.90 Å². The van der Waals surface area contributed by atoms with Gasteiger partial charge in [0.2, 0.25) is 0 Å². The Bertz CT molecular complexity index is 1740. The molecule has 2 N–H and O–H groups in total. The van der Waals surface area contributed by atoms with Gasteiger partial charge >= 0.3 is 11.6 Å². The molecule has 216 valence electrons. The van der Waals surface area contributed by atoms with E-state index in [1.165, 1.54) is 27.2 Å². The van der Waals surface area contributed by atoms with Crippen LogP contribution in [0, 0.1) is 0 Å². The molecule has 5 rings (SSSR count). The van der Waals surface area contributed by atoms with E-state index in [2.05, 4.69) is 6.58 Å². The number of fused-ring (bicyclic) bond motifs is 5. The molecule has 0 bridgehead atoms. The SMILES string of the molecule is C=Cc1cc(OC)c2c(c1)c(=O)oc1c2cc(OC)c2c(O)ccc(C3O[C@H](C)[C@H](OC(C)=O)[C@H](N(C)C)[C@H]3O)c21. The molecule has 5 atom stereocenters. The first kappa shape index (κ1) is 28.4. The zero-order chi connectivity index (χ0) is 29.7. The van der Waals surface area contributed by atoms with Crippen LogP contribution in [-0.4, -0.2) is 73.8 Å². The molecular formula is C31H33NO9. The Morgan fingerprint density at radius 2 is 1.73 bits per heavy atom. The molecule has 0 aliphatic carbocycles. The molecular weight excluding hydrogens is 530 g/mol. The maximum atomic E-state index is 13.4. The highest BCUT2D eigenvalue weighted by Crippen LogP contribution is 2.47. The second-order valence-electron chi connectivity index (χ2n) is 10.4. The van der Waals surface area contributed by atoms with Gasteiger partial charge in [-0.15, -0.1) is 0 Å². The molecule has 2 heterocycles. The van der Waals surface area contributed by atoms with E-state index in [4.69, 9.17) is 23.4 Å². The van der Waals surface area contributed by atoms with Gasteiger partial charge in [-0.05, 0) is 56.4 Å². The summed E-state index contributed by atoms with van der Waals surface area (Å²) in [5.74, 6) is 0.144. The second kappa shape index (κ2) is 10.7. The average molecular weight is 564 g/mol. The average Bonchev–Trinajstić information content (AvgIpc) is 2.94. The molecule has 1 aliphatic heterocycles. The fourth-order valence-corrected chi connectivity index (χ4v) is 5.95. The van der Waals surface area contributed by atoms with Crippen LogP contribution in [0.1, 0.15) is 31.1 Å². The van der Waals surface area contributed by atoms with Crippen LogP contribution in [0.2, 0.25) is 0 Å². The number of likely N-dealkylation sites (N-methyl/N-ethyl adjacent to an activating group) is 1. The van der Waals surface area contributed by atoms with E-state index >= 15 is 0 Å². The van der Waals surface area contributed by atoms with Crippen molar-refractivity contribution < 1.29 is 38.4 Å². The molecule has 1 fully saturated rings. The molecule has 0 amide bonds. The lowest BCUT2D eigenvalue weighted by molar-refractivity contribution is -0.212. The highest BCUT2D eigenvalue weighted by molar-refractivity contribution is 6.19. The lowest BCUT2D eigenvalue weighted by atomic mass is 9.86. The molecule has 10 nitrogen and oxygen atoms in total. The van der Waals surface area contributed by atoms with E-state index in [1.807, 2.05) is 0 Å². The standard InChI is InChI=1S/C31H33NO9/c1-8-16-11-19-23(21(12-16)37-6)18-13-22(38-7)25-20(34)10-9-17(24(25)29(18)41-31(19)36)30-27(35)26(32(4)5)28(14(2)39-30)40-15(3)33/h8-14,26-28,30,34-35H,1H2,2-7H3/t14-,26-,27-,28+,30?/m1/s1. The van der Waals surface area contributed by atoms with Crippen molar-refractivity contribution in [3.8, 4) is 17.2 Å². The molecule has 3 aromatic carbocycles. The lowest BCUT2D eigenvalue weighted by Gasteiger charge is -2.46. The van der Waals surface area contributed by atoms with Crippen molar-refractivity contribution in [1.29, 1.82) is 0 Å². The van der Waals surface area contributed by atoms with Gasteiger partial charge in [-0.1, -0.05) is 18.7 Å². The number of hydrogen-bond donors (Lipinski definition) is 2. The van der Waals surface area contributed by atoms with Gasteiger partial charge in [-0.25, -0.2) is 4.79 Å². The predicted octanol–water partition coefficient (Wildman–Crippen LogP) is 4.15. The summed E-state index contributed by atoms with van der Waals surface area (Å²) in [5.41, 5.74) is 0.686. The number of aliphatic hydroxyl groups excluding tert-OH is 1. The van der Waals surface area contributed by atoms with Crippen molar-refractivity contribution in [3.63, 3.8) is 0 Å². The van der Waals surface area contributed by atoms with Gasteiger partial charge in [-0.3, -0.25) is 4.79 Å². The summed E-state index contributed by atoms with van der Waals surface area (Å²) in [6, 6.07) is 7.59. The monoisotopic (exact) mass is 563 g/mol. The first-order valence-electron chi connectivity index (χ1n) is 13.1. The Morgan fingerprint density at radius 1 is 1.05 bits per heavy atom. The van der Waals surface area contributed by atoms with E-state index in [0.29, 0.717) is 38.8 Å². The number of hydrogen-bond acceptors (Lipinski definition) is 10. The van der Waals surface area contributed by atoms with Gasteiger partial charge in [-0.2, -0.15) is 0 Å². The predicted molar refractivity (Wildman–Crippen MR) is 155 cm³/mol. The Kier molecular flexibility index (Phi) is 7.41. The van der Waals surface area contributed by atoms with Crippen molar-refractivity contribution in [2.24, 2.45) is 0 Å². The summed E-state index contributed by atoms with van der Waals surface area (Å²) in [6.45, 7) is 6.87. The van der Waals surface area contributed by atoms with Crippen LogP contribution in [0.4, 0.5) is 0 Å². The molecule has 1 aromatic heterocycles. The number of esters is 1. The lowest BCUT2D eigenvalue weighted by Crippen LogP contribution is -2.60. The zero-order valence-corrected chi connectivity index (χ0v) is 23.8. The van der Waals surface area contributed by atoms with Crippen LogP contribution in [0.25, 0.3) is 38.6 Å². The number of nitrogens with zero attached hydrogens (tertiary/aromatic N) is 1. The number of phenolic OH excluding ortho intramolecular Hbond substituents is 1. The molecule has 1 unspecified atom stereocenters. The highest BCUT2D eigenvalue weighted by atomic mass is 16.6. The molecule has 41 heavy (non-hydrogen) atoms.